The van der Waals surface area contributed by atoms with Crippen LogP contribution in [0.1, 0.15) is 11.5 Å². The molecule has 0 aliphatic rings. The average Bonchev–Trinajstić information content (AvgIpc) is 2.43. The summed E-state index contributed by atoms with van der Waals surface area (Å²) < 4.78 is 1.14. The molecule has 0 saturated carbocycles. The van der Waals surface area contributed by atoms with E-state index in [9.17, 15) is 9.59 Å². The van der Waals surface area contributed by atoms with E-state index in [1.165, 1.54) is 0 Å². The first kappa shape index (κ1) is 12.3. The molecule has 3 rings (SSSR count). The monoisotopic (exact) mass is 268 g/mol. The van der Waals surface area contributed by atoms with E-state index >= 15 is 0 Å². The molecular formula is C14H12N4O2. The summed E-state index contributed by atoms with van der Waals surface area (Å²) in [6, 6.07) is 8.62. The second-order valence-corrected chi connectivity index (χ2v) is 4.46. The molecule has 0 amide bonds. The fraction of sp³-hybridized carbons (Fsp3) is 0.143. The van der Waals surface area contributed by atoms with Gasteiger partial charge in [-0.1, -0.05) is 12.1 Å². The molecule has 0 saturated heterocycles. The van der Waals surface area contributed by atoms with Crippen LogP contribution in [0.4, 0.5) is 0 Å². The normalized spacial score (nSPS) is 10.8. The SMILES string of the molecule is Cc1nccc(Cn2c(=O)[nH]c3ccccc3c2=O)n1. The number of aromatic nitrogens is 4. The Balaban J connectivity index is 2.17. The third-order valence-electron chi connectivity index (χ3n) is 3.04. The van der Waals surface area contributed by atoms with Gasteiger partial charge in [0, 0.05) is 6.20 Å². The quantitative estimate of drug-likeness (QED) is 0.746. The summed E-state index contributed by atoms with van der Waals surface area (Å²) in [7, 11) is 0. The number of nitrogens with one attached hydrogen (secondary N) is 1. The fourth-order valence-electron chi connectivity index (χ4n) is 2.10. The third-order valence-corrected chi connectivity index (χ3v) is 3.04. The van der Waals surface area contributed by atoms with Crippen molar-refractivity contribution < 1.29 is 0 Å². The number of rotatable bonds is 2. The summed E-state index contributed by atoms with van der Waals surface area (Å²) in [6.07, 6.45) is 1.61. The zero-order valence-corrected chi connectivity index (χ0v) is 10.8. The number of nitrogens with zero attached hydrogens (tertiary/aromatic N) is 3. The molecule has 0 spiro atoms. The molecule has 0 unspecified atom stereocenters. The third kappa shape index (κ3) is 2.11. The lowest BCUT2D eigenvalue weighted by Gasteiger charge is -2.06. The van der Waals surface area contributed by atoms with Crippen molar-refractivity contribution in [2.75, 3.05) is 0 Å². The van der Waals surface area contributed by atoms with Crippen LogP contribution in [-0.4, -0.2) is 19.5 Å². The van der Waals surface area contributed by atoms with Crippen LogP contribution in [0.3, 0.4) is 0 Å². The van der Waals surface area contributed by atoms with Crippen molar-refractivity contribution in [1.82, 2.24) is 19.5 Å². The van der Waals surface area contributed by atoms with Gasteiger partial charge in [-0.15, -0.1) is 0 Å². The molecule has 0 radical (unpaired) electrons. The van der Waals surface area contributed by atoms with Gasteiger partial charge < -0.3 is 4.98 Å². The van der Waals surface area contributed by atoms with E-state index in [-0.39, 0.29) is 12.1 Å². The fourth-order valence-corrected chi connectivity index (χ4v) is 2.10. The molecule has 2 aromatic heterocycles. The van der Waals surface area contributed by atoms with Gasteiger partial charge >= 0.3 is 5.69 Å². The van der Waals surface area contributed by atoms with Gasteiger partial charge in [-0.25, -0.2) is 14.8 Å². The van der Waals surface area contributed by atoms with Crippen molar-refractivity contribution >= 4 is 10.9 Å². The summed E-state index contributed by atoms with van der Waals surface area (Å²) >= 11 is 0. The molecule has 6 heteroatoms. The van der Waals surface area contributed by atoms with Crippen LogP contribution in [0.2, 0.25) is 0 Å². The van der Waals surface area contributed by atoms with Gasteiger partial charge in [0.25, 0.3) is 5.56 Å². The lowest BCUT2D eigenvalue weighted by molar-refractivity contribution is 0.691. The molecule has 0 aliphatic carbocycles. The number of fused-ring (bicyclic) bond motifs is 1. The summed E-state index contributed by atoms with van der Waals surface area (Å²) in [6.45, 7) is 1.89. The number of benzene rings is 1. The maximum atomic E-state index is 12.3. The Morgan fingerprint density at radius 2 is 2.00 bits per heavy atom. The van der Waals surface area contributed by atoms with Crippen molar-refractivity contribution in [3.05, 3.63) is 68.9 Å². The molecule has 0 atom stereocenters. The highest BCUT2D eigenvalue weighted by Crippen LogP contribution is 2.03. The van der Waals surface area contributed by atoms with Crippen LogP contribution in [0, 0.1) is 6.92 Å². The smallest absolute Gasteiger partial charge is 0.307 e. The topological polar surface area (TPSA) is 80.6 Å². The van der Waals surface area contributed by atoms with Gasteiger partial charge in [-0.3, -0.25) is 9.36 Å². The highest BCUT2D eigenvalue weighted by atomic mass is 16.2. The van der Waals surface area contributed by atoms with Gasteiger partial charge in [-0.05, 0) is 25.1 Å². The van der Waals surface area contributed by atoms with E-state index < -0.39 is 5.69 Å². The minimum absolute atomic E-state index is 0.127. The Hall–Kier alpha value is -2.76. The number of hydrogen-bond donors (Lipinski definition) is 1. The lowest BCUT2D eigenvalue weighted by atomic mass is 10.2. The van der Waals surface area contributed by atoms with Gasteiger partial charge in [0.05, 0.1) is 23.1 Å². The summed E-state index contributed by atoms with van der Waals surface area (Å²) in [4.78, 5) is 35.2. The van der Waals surface area contributed by atoms with E-state index in [0.29, 0.717) is 22.4 Å². The maximum absolute atomic E-state index is 12.3. The zero-order chi connectivity index (χ0) is 14.1. The van der Waals surface area contributed by atoms with Gasteiger partial charge in [0.15, 0.2) is 0 Å². The Bertz CT molecular complexity index is 895. The van der Waals surface area contributed by atoms with E-state index in [2.05, 4.69) is 15.0 Å². The van der Waals surface area contributed by atoms with Crippen LogP contribution >= 0.6 is 0 Å². The summed E-state index contributed by atoms with van der Waals surface area (Å²) in [5.41, 5.74) is 0.406. The van der Waals surface area contributed by atoms with Crippen LogP contribution in [0.5, 0.6) is 0 Å². The number of hydrogen-bond acceptors (Lipinski definition) is 4. The predicted molar refractivity (Wildman–Crippen MR) is 74.7 cm³/mol. The molecule has 3 aromatic rings. The van der Waals surface area contributed by atoms with E-state index in [0.717, 1.165) is 4.57 Å². The second-order valence-electron chi connectivity index (χ2n) is 4.46. The first-order chi connectivity index (χ1) is 9.65. The van der Waals surface area contributed by atoms with E-state index in [4.69, 9.17) is 0 Å². The number of aryl methyl sites for hydroxylation is 1. The standard InChI is InChI=1S/C14H12N4O2/c1-9-15-7-6-10(16-9)8-18-13(19)11-4-2-3-5-12(11)17-14(18)20/h2-7H,8H2,1H3,(H,17,20). The molecule has 0 aliphatic heterocycles. The highest BCUT2D eigenvalue weighted by molar-refractivity contribution is 5.76. The predicted octanol–water partition coefficient (Wildman–Crippen LogP) is 0.837. The molecule has 6 nitrogen and oxygen atoms in total. The molecule has 1 aromatic carbocycles. The first-order valence-electron chi connectivity index (χ1n) is 6.15. The Kier molecular flexibility index (Phi) is 2.90. The Morgan fingerprint density at radius 1 is 1.20 bits per heavy atom. The van der Waals surface area contributed by atoms with Gasteiger partial charge in [0.1, 0.15) is 5.82 Å². The van der Waals surface area contributed by atoms with Crippen LogP contribution in [0.15, 0.2) is 46.1 Å². The van der Waals surface area contributed by atoms with Crippen molar-refractivity contribution in [1.29, 1.82) is 0 Å². The largest absolute Gasteiger partial charge is 0.329 e. The van der Waals surface area contributed by atoms with Gasteiger partial charge in [-0.2, -0.15) is 0 Å². The molecule has 100 valence electrons. The number of H-pyrrole nitrogens is 1. The molecule has 0 fully saturated rings. The van der Waals surface area contributed by atoms with Crippen molar-refractivity contribution in [2.24, 2.45) is 0 Å². The van der Waals surface area contributed by atoms with Crippen molar-refractivity contribution in [2.45, 2.75) is 13.5 Å². The highest BCUT2D eigenvalue weighted by Gasteiger charge is 2.08. The van der Waals surface area contributed by atoms with Crippen LogP contribution in [0.25, 0.3) is 10.9 Å². The number of para-hydroxylation sites is 1. The first-order valence-corrected chi connectivity index (χ1v) is 6.15. The molecule has 1 N–H and O–H groups in total. The number of aromatic amines is 1. The van der Waals surface area contributed by atoms with Crippen molar-refractivity contribution in [3.8, 4) is 0 Å². The Labute approximate surface area is 113 Å². The lowest BCUT2D eigenvalue weighted by Crippen LogP contribution is -2.35. The molecular weight excluding hydrogens is 256 g/mol. The second kappa shape index (κ2) is 4.73. The Morgan fingerprint density at radius 3 is 2.80 bits per heavy atom. The average molecular weight is 268 g/mol. The van der Waals surface area contributed by atoms with E-state index in [1.54, 1.807) is 43.5 Å². The van der Waals surface area contributed by atoms with Crippen molar-refractivity contribution in [3.63, 3.8) is 0 Å². The zero-order valence-electron chi connectivity index (χ0n) is 10.8. The van der Waals surface area contributed by atoms with Gasteiger partial charge in [0.2, 0.25) is 0 Å². The van der Waals surface area contributed by atoms with Crippen LogP contribution < -0.4 is 11.2 Å². The molecule has 20 heavy (non-hydrogen) atoms. The minimum Gasteiger partial charge on any atom is -0.307 e. The van der Waals surface area contributed by atoms with E-state index in [1.807, 2.05) is 0 Å². The summed E-state index contributed by atoms with van der Waals surface area (Å²) in [5.74, 6) is 0.604. The minimum atomic E-state index is -0.440. The molecule has 0 bridgehead atoms. The maximum Gasteiger partial charge on any atom is 0.329 e. The summed E-state index contributed by atoms with van der Waals surface area (Å²) in [5, 5.41) is 0.484. The van der Waals surface area contributed by atoms with Crippen LogP contribution in [-0.2, 0) is 6.54 Å². The molecule has 2 heterocycles.